The number of aromatic amines is 1. The summed E-state index contributed by atoms with van der Waals surface area (Å²) in [5, 5.41) is 0. The van der Waals surface area contributed by atoms with E-state index in [9.17, 15) is 4.79 Å². The third-order valence-corrected chi connectivity index (χ3v) is 3.94. The van der Waals surface area contributed by atoms with E-state index >= 15 is 0 Å². The topological polar surface area (TPSA) is 57.2 Å². The smallest absolute Gasteiger partial charge is 0.255 e. The summed E-state index contributed by atoms with van der Waals surface area (Å²) in [7, 11) is 4.07. The monoisotopic (exact) mass is 273 g/mol. The Kier molecular flexibility index (Phi) is 3.31. The van der Waals surface area contributed by atoms with Gasteiger partial charge in [0.1, 0.15) is 5.82 Å². The lowest BCUT2D eigenvalue weighted by Crippen LogP contribution is -2.49. The maximum absolute atomic E-state index is 12.4. The van der Waals surface area contributed by atoms with Crippen LogP contribution in [0.3, 0.4) is 0 Å². The predicted octanol–water partition coefficient (Wildman–Crippen LogP) is 0.877. The highest BCUT2D eigenvalue weighted by Crippen LogP contribution is 2.23. The minimum atomic E-state index is 0.0820. The Hall–Kier alpha value is -2.08. The zero-order chi connectivity index (χ0) is 14.1. The van der Waals surface area contributed by atoms with E-state index in [2.05, 4.69) is 21.9 Å². The van der Waals surface area contributed by atoms with Crippen molar-refractivity contribution in [1.82, 2.24) is 24.3 Å². The van der Waals surface area contributed by atoms with Crippen LogP contribution in [0.15, 0.2) is 30.9 Å². The molecule has 1 aliphatic heterocycles. The summed E-state index contributed by atoms with van der Waals surface area (Å²) in [5.74, 6) is 1.08. The molecule has 1 saturated heterocycles. The molecule has 0 aliphatic carbocycles. The summed E-state index contributed by atoms with van der Waals surface area (Å²) in [6.07, 6.45) is 7.27. The zero-order valence-electron chi connectivity index (χ0n) is 11.8. The molecule has 0 spiro atoms. The number of rotatable bonds is 2. The molecule has 1 N–H and O–H groups in total. The van der Waals surface area contributed by atoms with Crippen molar-refractivity contribution in [3.8, 4) is 0 Å². The Labute approximate surface area is 118 Å². The number of carbonyl (C=O) groups excluding carboxylic acids is 1. The zero-order valence-corrected chi connectivity index (χ0v) is 11.8. The summed E-state index contributed by atoms with van der Waals surface area (Å²) < 4.78 is 2.02. The molecule has 1 atom stereocenters. The molecule has 106 valence electrons. The fraction of sp³-hybridized carbons (Fsp3) is 0.429. The second-order valence-electron chi connectivity index (χ2n) is 5.24. The van der Waals surface area contributed by atoms with E-state index in [0.717, 1.165) is 18.9 Å². The Morgan fingerprint density at radius 3 is 2.90 bits per heavy atom. The van der Waals surface area contributed by atoms with Crippen molar-refractivity contribution in [3.05, 3.63) is 42.2 Å². The number of H-pyrrole nitrogens is 1. The van der Waals surface area contributed by atoms with Gasteiger partial charge in [0.05, 0.1) is 11.6 Å². The SMILES string of the molecule is CN1CCN(C(=O)c2cc[nH]c2)C[C@H]1c1nccn1C. The molecule has 0 saturated carbocycles. The predicted molar refractivity (Wildman–Crippen MR) is 75.3 cm³/mol. The average molecular weight is 273 g/mol. The van der Waals surface area contributed by atoms with E-state index < -0.39 is 0 Å². The fourth-order valence-corrected chi connectivity index (χ4v) is 2.67. The maximum Gasteiger partial charge on any atom is 0.255 e. The van der Waals surface area contributed by atoms with Crippen molar-refractivity contribution in [2.24, 2.45) is 7.05 Å². The molecule has 1 amide bonds. The maximum atomic E-state index is 12.4. The van der Waals surface area contributed by atoms with Crippen LogP contribution in [0.4, 0.5) is 0 Å². The van der Waals surface area contributed by atoms with E-state index in [1.165, 1.54) is 0 Å². The van der Waals surface area contributed by atoms with Crippen LogP contribution >= 0.6 is 0 Å². The van der Waals surface area contributed by atoms with Crippen LogP contribution in [0.25, 0.3) is 0 Å². The Bertz CT molecular complexity index is 588. The van der Waals surface area contributed by atoms with Gasteiger partial charge in [0, 0.05) is 51.5 Å². The molecule has 6 heteroatoms. The number of hydrogen-bond donors (Lipinski definition) is 1. The lowest BCUT2D eigenvalue weighted by Gasteiger charge is -2.38. The van der Waals surface area contributed by atoms with Gasteiger partial charge in [-0.2, -0.15) is 0 Å². The first-order valence-electron chi connectivity index (χ1n) is 6.76. The van der Waals surface area contributed by atoms with Crippen molar-refractivity contribution >= 4 is 5.91 Å². The molecule has 20 heavy (non-hydrogen) atoms. The number of amides is 1. The first-order valence-corrected chi connectivity index (χ1v) is 6.76. The highest BCUT2D eigenvalue weighted by molar-refractivity contribution is 5.94. The summed E-state index contributed by atoms with van der Waals surface area (Å²) >= 11 is 0. The van der Waals surface area contributed by atoms with Crippen LogP contribution in [0, 0.1) is 0 Å². The molecule has 1 aliphatic rings. The van der Waals surface area contributed by atoms with Crippen LogP contribution in [0.5, 0.6) is 0 Å². The second kappa shape index (κ2) is 5.13. The number of imidazole rings is 1. The van der Waals surface area contributed by atoms with Crippen molar-refractivity contribution in [3.63, 3.8) is 0 Å². The Morgan fingerprint density at radius 2 is 2.25 bits per heavy atom. The van der Waals surface area contributed by atoms with Crippen LogP contribution in [-0.4, -0.2) is 56.9 Å². The van der Waals surface area contributed by atoms with E-state index in [1.807, 2.05) is 28.8 Å². The highest BCUT2D eigenvalue weighted by Gasteiger charge is 2.31. The van der Waals surface area contributed by atoms with Gasteiger partial charge in [-0.15, -0.1) is 0 Å². The lowest BCUT2D eigenvalue weighted by atomic mass is 10.1. The van der Waals surface area contributed by atoms with Crippen molar-refractivity contribution < 1.29 is 4.79 Å². The number of nitrogens with zero attached hydrogens (tertiary/aromatic N) is 4. The molecular weight excluding hydrogens is 254 g/mol. The van der Waals surface area contributed by atoms with Gasteiger partial charge in [-0.05, 0) is 13.1 Å². The molecule has 2 aromatic heterocycles. The van der Waals surface area contributed by atoms with E-state index in [0.29, 0.717) is 12.1 Å². The summed E-state index contributed by atoms with van der Waals surface area (Å²) in [4.78, 5) is 23.9. The summed E-state index contributed by atoms with van der Waals surface area (Å²) in [6.45, 7) is 2.28. The number of piperazine rings is 1. The van der Waals surface area contributed by atoms with E-state index in [-0.39, 0.29) is 11.9 Å². The van der Waals surface area contributed by atoms with Gasteiger partial charge >= 0.3 is 0 Å². The summed E-state index contributed by atoms with van der Waals surface area (Å²) in [6, 6.07) is 1.96. The first kappa shape index (κ1) is 12.9. The Balaban J connectivity index is 1.80. The largest absolute Gasteiger partial charge is 0.367 e. The first-order chi connectivity index (χ1) is 9.66. The second-order valence-corrected chi connectivity index (χ2v) is 5.24. The van der Waals surface area contributed by atoms with Crippen LogP contribution in [0.1, 0.15) is 22.2 Å². The highest BCUT2D eigenvalue weighted by atomic mass is 16.2. The molecule has 3 heterocycles. The third kappa shape index (κ3) is 2.22. The normalized spacial score (nSPS) is 20.3. The third-order valence-electron chi connectivity index (χ3n) is 3.94. The number of carbonyl (C=O) groups is 1. The van der Waals surface area contributed by atoms with E-state index in [1.54, 1.807) is 18.6 Å². The quantitative estimate of drug-likeness (QED) is 0.883. The molecule has 2 aromatic rings. The number of aromatic nitrogens is 3. The molecule has 0 radical (unpaired) electrons. The number of likely N-dealkylation sites (N-methyl/N-ethyl adjacent to an activating group) is 1. The number of nitrogens with one attached hydrogen (secondary N) is 1. The van der Waals surface area contributed by atoms with Crippen LogP contribution in [0.2, 0.25) is 0 Å². The molecular formula is C14H19N5O. The van der Waals surface area contributed by atoms with Gasteiger partial charge in [0.25, 0.3) is 5.91 Å². The molecule has 0 bridgehead atoms. The van der Waals surface area contributed by atoms with Crippen LogP contribution < -0.4 is 0 Å². The van der Waals surface area contributed by atoms with Gasteiger partial charge in [-0.25, -0.2) is 4.98 Å². The molecule has 3 rings (SSSR count). The summed E-state index contributed by atoms with van der Waals surface area (Å²) in [5.41, 5.74) is 0.716. The molecule has 6 nitrogen and oxygen atoms in total. The average Bonchev–Trinajstić information content (AvgIpc) is 3.10. The number of hydrogen-bond acceptors (Lipinski definition) is 3. The Morgan fingerprint density at radius 1 is 1.40 bits per heavy atom. The van der Waals surface area contributed by atoms with E-state index in [4.69, 9.17) is 0 Å². The van der Waals surface area contributed by atoms with Crippen LogP contribution in [-0.2, 0) is 7.05 Å². The van der Waals surface area contributed by atoms with Crippen molar-refractivity contribution in [1.29, 1.82) is 0 Å². The molecule has 0 unspecified atom stereocenters. The minimum absolute atomic E-state index is 0.0820. The fourth-order valence-electron chi connectivity index (χ4n) is 2.67. The molecule has 0 aromatic carbocycles. The van der Waals surface area contributed by atoms with Crippen molar-refractivity contribution in [2.45, 2.75) is 6.04 Å². The lowest BCUT2D eigenvalue weighted by molar-refractivity contribution is 0.0529. The van der Waals surface area contributed by atoms with Gasteiger partial charge in [-0.1, -0.05) is 0 Å². The van der Waals surface area contributed by atoms with Gasteiger partial charge in [-0.3, -0.25) is 9.69 Å². The van der Waals surface area contributed by atoms with Gasteiger partial charge in [0.15, 0.2) is 0 Å². The standard InChI is InChI=1S/C14H19N5O/c1-17-7-8-19(14(20)11-3-4-15-9-11)10-12(17)13-16-5-6-18(13)2/h3-6,9,12,15H,7-8,10H2,1-2H3/t12-/m0/s1. The van der Waals surface area contributed by atoms with Gasteiger partial charge in [0.2, 0.25) is 0 Å². The number of aryl methyl sites for hydroxylation is 1. The van der Waals surface area contributed by atoms with Crippen molar-refractivity contribution in [2.75, 3.05) is 26.7 Å². The molecule has 1 fully saturated rings. The van der Waals surface area contributed by atoms with Gasteiger partial charge < -0.3 is 14.5 Å². The minimum Gasteiger partial charge on any atom is -0.367 e.